The zero-order chi connectivity index (χ0) is 9.36. The van der Waals surface area contributed by atoms with Gasteiger partial charge >= 0.3 is 0 Å². The van der Waals surface area contributed by atoms with Crippen LogP contribution in [-0.4, -0.2) is 52.7 Å². The third kappa shape index (κ3) is 5.21. The van der Waals surface area contributed by atoms with E-state index in [1.54, 1.807) is 7.11 Å². The molecular formula is C9H19NO3. The summed E-state index contributed by atoms with van der Waals surface area (Å²) in [7, 11) is 1.68. The van der Waals surface area contributed by atoms with Gasteiger partial charge in [0.2, 0.25) is 0 Å². The van der Waals surface area contributed by atoms with Gasteiger partial charge in [0, 0.05) is 13.7 Å². The molecule has 1 aliphatic heterocycles. The molecule has 0 amide bonds. The minimum atomic E-state index is 0.256. The van der Waals surface area contributed by atoms with E-state index in [0.717, 1.165) is 26.1 Å². The summed E-state index contributed by atoms with van der Waals surface area (Å²) in [6.07, 6.45) is 1.29. The molecule has 0 aliphatic carbocycles. The molecule has 4 heteroatoms. The van der Waals surface area contributed by atoms with Crippen LogP contribution >= 0.6 is 0 Å². The zero-order valence-electron chi connectivity index (χ0n) is 8.25. The average Bonchev–Trinajstić information content (AvgIpc) is 2.41. The fraction of sp³-hybridized carbons (Fsp3) is 1.00. The summed E-state index contributed by atoms with van der Waals surface area (Å²) in [4.78, 5) is 0. The van der Waals surface area contributed by atoms with Crippen molar-refractivity contribution < 1.29 is 14.2 Å². The summed E-state index contributed by atoms with van der Waals surface area (Å²) in [6, 6.07) is 0. The smallest absolute Gasteiger partial charge is 0.0821 e. The molecule has 1 fully saturated rings. The highest BCUT2D eigenvalue weighted by Gasteiger charge is 2.11. The Balaban J connectivity index is 1.98. The number of hydrogen-bond donors (Lipinski definition) is 1. The van der Waals surface area contributed by atoms with E-state index in [1.165, 1.54) is 0 Å². The summed E-state index contributed by atoms with van der Waals surface area (Å²) in [5, 5.41) is 3.27. The maximum absolute atomic E-state index is 5.55. The van der Waals surface area contributed by atoms with Gasteiger partial charge in [-0.25, -0.2) is 0 Å². The lowest BCUT2D eigenvalue weighted by Crippen LogP contribution is -2.21. The number of methoxy groups -OCH3 is 1. The monoisotopic (exact) mass is 189 g/mol. The molecule has 0 spiro atoms. The van der Waals surface area contributed by atoms with Gasteiger partial charge in [0.1, 0.15) is 0 Å². The predicted molar refractivity (Wildman–Crippen MR) is 49.9 cm³/mol. The Morgan fingerprint density at radius 1 is 1.38 bits per heavy atom. The maximum Gasteiger partial charge on any atom is 0.0821 e. The Bertz CT molecular complexity index is 113. The molecular weight excluding hydrogens is 170 g/mol. The Hall–Kier alpha value is -0.160. The van der Waals surface area contributed by atoms with Gasteiger partial charge in [0.05, 0.1) is 32.5 Å². The molecule has 1 saturated heterocycles. The van der Waals surface area contributed by atoms with Crippen molar-refractivity contribution in [2.45, 2.75) is 12.5 Å². The van der Waals surface area contributed by atoms with E-state index < -0.39 is 0 Å². The van der Waals surface area contributed by atoms with Gasteiger partial charge in [-0.15, -0.1) is 0 Å². The van der Waals surface area contributed by atoms with Gasteiger partial charge in [-0.1, -0.05) is 0 Å². The molecule has 1 rings (SSSR count). The normalized spacial score (nSPS) is 24.2. The van der Waals surface area contributed by atoms with Crippen molar-refractivity contribution in [1.29, 1.82) is 0 Å². The summed E-state index contributed by atoms with van der Waals surface area (Å²) in [5.41, 5.74) is 0. The van der Waals surface area contributed by atoms with E-state index in [9.17, 15) is 0 Å². The average molecular weight is 189 g/mol. The van der Waals surface area contributed by atoms with Crippen molar-refractivity contribution in [3.05, 3.63) is 0 Å². The summed E-state index contributed by atoms with van der Waals surface area (Å²) < 4.78 is 15.8. The minimum Gasteiger partial charge on any atom is -0.382 e. The van der Waals surface area contributed by atoms with Crippen LogP contribution < -0.4 is 5.32 Å². The molecule has 1 heterocycles. The first-order chi connectivity index (χ1) is 6.43. The quantitative estimate of drug-likeness (QED) is 0.619. The lowest BCUT2D eigenvalue weighted by atomic mass is 10.3. The largest absolute Gasteiger partial charge is 0.382 e. The molecule has 0 radical (unpaired) electrons. The topological polar surface area (TPSA) is 39.7 Å². The highest BCUT2D eigenvalue weighted by Crippen LogP contribution is 2.01. The van der Waals surface area contributed by atoms with Crippen molar-refractivity contribution in [2.75, 3.05) is 46.6 Å². The number of hydrogen-bond acceptors (Lipinski definition) is 4. The van der Waals surface area contributed by atoms with E-state index in [-0.39, 0.29) is 6.10 Å². The second-order valence-corrected chi connectivity index (χ2v) is 3.10. The van der Waals surface area contributed by atoms with Crippen molar-refractivity contribution in [1.82, 2.24) is 5.32 Å². The van der Waals surface area contributed by atoms with Gasteiger partial charge < -0.3 is 19.5 Å². The Morgan fingerprint density at radius 2 is 2.31 bits per heavy atom. The van der Waals surface area contributed by atoms with Crippen molar-refractivity contribution in [3.63, 3.8) is 0 Å². The van der Waals surface area contributed by atoms with Crippen molar-refractivity contribution in [3.8, 4) is 0 Å². The summed E-state index contributed by atoms with van der Waals surface area (Å²) in [5.74, 6) is 0. The number of ether oxygens (including phenoxy) is 3. The lowest BCUT2D eigenvalue weighted by molar-refractivity contribution is -0.0217. The van der Waals surface area contributed by atoms with Crippen molar-refractivity contribution >= 4 is 0 Å². The first kappa shape index (κ1) is 10.9. The van der Waals surface area contributed by atoms with Crippen LogP contribution in [0.3, 0.4) is 0 Å². The van der Waals surface area contributed by atoms with Crippen LogP contribution in [0, 0.1) is 0 Å². The van der Waals surface area contributed by atoms with Gasteiger partial charge in [-0.3, -0.25) is 0 Å². The number of rotatable bonds is 5. The Kier molecular flexibility index (Phi) is 6.10. The molecule has 1 N–H and O–H groups in total. The molecule has 0 aromatic heterocycles. The highest BCUT2D eigenvalue weighted by molar-refractivity contribution is 4.63. The van der Waals surface area contributed by atoms with Gasteiger partial charge in [-0.2, -0.15) is 0 Å². The van der Waals surface area contributed by atoms with Crippen LogP contribution in [0.15, 0.2) is 0 Å². The van der Waals surface area contributed by atoms with E-state index >= 15 is 0 Å². The van der Waals surface area contributed by atoms with Gasteiger partial charge in [-0.05, 0) is 13.0 Å². The first-order valence-corrected chi connectivity index (χ1v) is 4.82. The highest BCUT2D eigenvalue weighted by atomic mass is 16.5. The molecule has 0 aromatic rings. The van der Waals surface area contributed by atoms with Gasteiger partial charge in [0.25, 0.3) is 0 Å². The van der Waals surface area contributed by atoms with Crippen LogP contribution in [0.2, 0.25) is 0 Å². The molecule has 1 atom stereocenters. The van der Waals surface area contributed by atoms with E-state index in [2.05, 4.69) is 5.32 Å². The third-order valence-corrected chi connectivity index (χ3v) is 2.01. The fourth-order valence-electron chi connectivity index (χ4n) is 1.26. The van der Waals surface area contributed by atoms with Crippen LogP contribution in [0.25, 0.3) is 0 Å². The van der Waals surface area contributed by atoms with E-state index in [4.69, 9.17) is 14.2 Å². The maximum atomic E-state index is 5.55. The van der Waals surface area contributed by atoms with Crippen LogP contribution in [0.5, 0.6) is 0 Å². The van der Waals surface area contributed by atoms with Gasteiger partial charge in [0.15, 0.2) is 0 Å². The molecule has 0 saturated carbocycles. The number of nitrogens with one attached hydrogen (secondary N) is 1. The molecule has 0 aromatic carbocycles. The van der Waals surface area contributed by atoms with Crippen molar-refractivity contribution in [2.24, 2.45) is 0 Å². The molecule has 13 heavy (non-hydrogen) atoms. The molecule has 1 aliphatic rings. The Morgan fingerprint density at radius 3 is 3.15 bits per heavy atom. The van der Waals surface area contributed by atoms with Crippen LogP contribution in [-0.2, 0) is 14.2 Å². The second-order valence-electron chi connectivity index (χ2n) is 3.10. The van der Waals surface area contributed by atoms with E-state index in [0.29, 0.717) is 19.8 Å². The molecule has 0 bridgehead atoms. The predicted octanol–water partition coefficient (Wildman–Crippen LogP) is 0.0279. The van der Waals surface area contributed by atoms with Crippen LogP contribution in [0.4, 0.5) is 0 Å². The molecule has 4 nitrogen and oxygen atoms in total. The SMILES string of the molecule is COCCOCC1CCNCCO1. The zero-order valence-corrected chi connectivity index (χ0v) is 8.25. The summed E-state index contributed by atoms with van der Waals surface area (Å²) >= 11 is 0. The third-order valence-electron chi connectivity index (χ3n) is 2.01. The second kappa shape index (κ2) is 7.26. The standard InChI is InChI=1S/C9H19NO3/c1-11-6-7-12-8-9-2-3-10-4-5-13-9/h9-10H,2-8H2,1H3. The Labute approximate surface area is 79.5 Å². The lowest BCUT2D eigenvalue weighted by Gasteiger charge is -2.14. The molecule has 1 unspecified atom stereocenters. The minimum absolute atomic E-state index is 0.256. The first-order valence-electron chi connectivity index (χ1n) is 4.82. The molecule has 78 valence electrons. The van der Waals surface area contributed by atoms with Crippen LogP contribution in [0.1, 0.15) is 6.42 Å². The summed E-state index contributed by atoms with van der Waals surface area (Å²) in [6.45, 7) is 4.77. The van der Waals surface area contributed by atoms with E-state index in [1.807, 2.05) is 0 Å². The fourth-order valence-corrected chi connectivity index (χ4v) is 1.26.